The number of carbonyl (C=O) groups excluding carboxylic acids is 1. The number of rotatable bonds is 4. The van der Waals surface area contributed by atoms with Crippen LogP contribution in [0.3, 0.4) is 0 Å². The quantitative estimate of drug-likeness (QED) is 0.479. The second kappa shape index (κ2) is 8.18. The molecule has 0 bridgehead atoms. The van der Waals surface area contributed by atoms with Crippen molar-refractivity contribution in [2.75, 3.05) is 13.2 Å². The SMILES string of the molecule is CC(=O)Oc1ccc(C#Cc2ccccc2)c(CCC2(C)OCCO2)c1. The molecule has 1 aliphatic heterocycles. The van der Waals surface area contributed by atoms with Crippen LogP contribution in [0.15, 0.2) is 48.5 Å². The zero-order chi connectivity index (χ0) is 18.4. The van der Waals surface area contributed by atoms with Gasteiger partial charge in [0.15, 0.2) is 5.79 Å². The molecule has 1 saturated heterocycles. The molecular weight excluding hydrogens is 328 g/mol. The van der Waals surface area contributed by atoms with Crippen molar-refractivity contribution < 1.29 is 19.0 Å². The maximum Gasteiger partial charge on any atom is 0.308 e. The van der Waals surface area contributed by atoms with Crippen LogP contribution in [0.2, 0.25) is 0 Å². The Morgan fingerprint density at radius 3 is 2.54 bits per heavy atom. The smallest absolute Gasteiger partial charge is 0.308 e. The van der Waals surface area contributed by atoms with E-state index in [1.807, 2.05) is 49.4 Å². The maximum atomic E-state index is 11.2. The van der Waals surface area contributed by atoms with Gasteiger partial charge in [-0.15, -0.1) is 0 Å². The average molecular weight is 350 g/mol. The molecule has 26 heavy (non-hydrogen) atoms. The summed E-state index contributed by atoms with van der Waals surface area (Å²) in [6.45, 7) is 4.57. The number of hydrogen-bond acceptors (Lipinski definition) is 4. The zero-order valence-electron chi connectivity index (χ0n) is 15.1. The summed E-state index contributed by atoms with van der Waals surface area (Å²) < 4.78 is 16.6. The van der Waals surface area contributed by atoms with Crippen LogP contribution in [-0.4, -0.2) is 25.0 Å². The third-order valence-electron chi connectivity index (χ3n) is 4.20. The first-order chi connectivity index (χ1) is 12.5. The van der Waals surface area contributed by atoms with Gasteiger partial charge in [-0.3, -0.25) is 4.79 Å². The monoisotopic (exact) mass is 350 g/mol. The number of esters is 1. The zero-order valence-corrected chi connectivity index (χ0v) is 15.1. The van der Waals surface area contributed by atoms with Gasteiger partial charge < -0.3 is 14.2 Å². The molecule has 3 rings (SSSR count). The normalized spacial score (nSPS) is 15.2. The first-order valence-electron chi connectivity index (χ1n) is 8.70. The van der Waals surface area contributed by atoms with Gasteiger partial charge in [-0.1, -0.05) is 30.0 Å². The van der Waals surface area contributed by atoms with E-state index in [1.54, 1.807) is 6.07 Å². The number of aryl methyl sites for hydroxylation is 1. The van der Waals surface area contributed by atoms with Crippen molar-refractivity contribution in [2.45, 2.75) is 32.5 Å². The number of carbonyl (C=O) groups is 1. The first kappa shape index (κ1) is 18.2. The minimum Gasteiger partial charge on any atom is -0.427 e. The van der Waals surface area contributed by atoms with Crippen molar-refractivity contribution in [3.63, 3.8) is 0 Å². The second-order valence-corrected chi connectivity index (χ2v) is 6.36. The van der Waals surface area contributed by atoms with Gasteiger partial charge in [-0.25, -0.2) is 0 Å². The molecule has 1 aliphatic rings. The molecule has 0 saturated carbocycles. The van der Waals surface area contributed by atoms with Gasteiger partial charge >= 0.3 is 5.97 Å². The van der Waals surface area contributed by atoms with E-state index in [0.29, 0.717) is 31.8 Å². The minimum atomic E-state index is -0.568. The standard InChI is InChI=1S/C22H22O4/c1-17(23)26-21-11-10-19(9-8-18-6-4-3-5-7-18)20(16-21)12-13-22(2)24-14-15-25-22/h3-7,10-11,16H,12-15H2,1-2H3. The lowest BCUT2D eigenvalue weighted by Gasteiger charge is -2.22. The Morgan fingerprint density at radius 2 is 1.85 bits per heavy atom. The molecule has 1 fully saturated rings. The van der Waals surface area contributed by atoms with Crippen LogP contribution in [0.5, 0.6) is 5.75 Å². The molecule has 2 aromatic carbocycles. The largest absolute Gasteiger partial charge is 0.427 e. The predicted molar refractivity (Wildman–Crippen MR) is 98.8 cm³/mol. The van der Waals surface area contributed by atoms with Crippen LogP contribution in [0.25, 0.3) is 0 Å². The molecule has 0 amide bonds. The van der Waals surface area contributed by atoms with E-state index in [4.69, 9.17) is 14.2 Å². The molecule has 2 aromatic rings. The highest BCUT2D eigenvalue weighted by atomic mass is 16.7. The second-order valence-electron chi connectivity index (χ2n) is 6.36. The van der Waals surface area contributed by atoms with E-state index < -0.39 is 5.79 Å². The van der Waals surface area contributed by atoms with Crippen molar-refractivity contribution in [2.24, 2.45) is 0 Å². The Labute approximate surface area is 154 Å². The Morgan fingerprint density at radius 1 is 1.12 bits per heavy atom. The fourth-order valence-corrected chi connectivity index (χ4v) is 2.85. The van der Waals surface area contributed by atoms with Gasteiger partial charge in [0.25, 0.3) is 0 Å². The van der Waals surface area contributed by atoms with Crippen molar-refractivity contribution >= 4 is 5.97 Å². The summed E-state index contributed by atoms with van der Waals surface area (Å²) in [6.07, 6.45) is 1.42. The van der Waals surface area contributed by atoms with Crippen molar-refractivity contribution in [1.29, 1.82) is 0 Å². The lowest BCUT2D eigenvalue weighted by atomic mass is 9.99. The predicted octanol–water partition coefficient (Wildman–Crippen LogP) is 3.71. The fourth-order valence-electron chi connectivity index (χ4n) is 2.85. The van der Waals surface area contributed by atoms with Gasteiger partial charge in [0, 0.05) is 24.5 Å². The Hall–Kier alpha value is -2.61. The molecular formula is C22H22O4. The van der Waals surface area contributed by atoms with Gasteiger partial charge in [-0.2, -0.15) is 0 Å². The number of hydrogen-bond donors (Lipinski definition) is 0. The molecule has 0 aliphatic carbocycles. The van der Waals surface area contributed by atoms with Gasteiger partial charge in [0.1, 0.15) is 5.75 Å². The number of benzene rings is 2. The Kier molecular flexibility index (Phi) is 5.72. The Bertz CT molecular complexity index is 824. The van der Waals surface area contributed by atoms with Crippen LogP contribution in [-0.2, 0) is 20.7 Å². The molecule has 0 unspecified atom stereocenters. The first-order valence-corrected chi connectivity index (χ1v) is 8.70. The van der Waals surface area contributed by atoms with Crippen LogP contribution in [0.1, 0.15) is 37.0 Å². The van der Waals surface area contributed by atoms with E-state index >= 15 is 0 Å². The van der Waals surface area contributed by atoms with Gasteiger partial charge in [0.05, 0.1) is 13.2 Å². The summed E-state index contributed by atoms with van der Waals surface area (Å²) in [5.74, 6) is 6.02. The summed E-state index contributed by atoms with van der Waals surface area (Å²) in [4.78, 5) is 11.2. The summed E-state index contributed by atoms with van der Waals surface area (Å²) in [5.41, 5.74) is 2.87. The van der Waals surface area contributed by atoms with E-state index in [0.717, 1.165) is 16.7 Å². The molecule has 0 aromatic heterocycles. The van der Waals surface area contributed by atoms with Gasteiger partial charge in [-0.05, 0) is 49.2 Å². The third kappa shape index (κ3) is 4.95. The highest BCUT2D eigenvalue weighted by Crippen LogP contribution is 2.27. The summed E-state index contributed by atoms with van der Waals surface area (Å²) in [5, 5.41) is 0. The lowest BCUT2D eigenvalue weighted by molar-refractivity contribution is -0.146. The van der Waals surface area contributed by atoms with Crippen LogP contribution < -0.4 is 4.74 Å². The summed E-state index contributed by atoms with van der Waals surface area (Å²) >= 11 is 0. The Balaban J connectivity index is 1.84. The molecule has 134 valence electrons. The summed E-state index contributed by atoms with van der Waals surface area (Å²) in [6, 6.07) is 15.4. The van der Waals surface area contributed by atoms with Crippen LogP contribution in [0.4, 0.5) is 0 Å². The molecule has 0 atom stereocenters. The van der Waals surface area contributed by atoms with Crippen molar-refractivity contribution in [1.82, 2.24) is 0 Å². The van der Waals surface area contributed by atoms with E-state index in [2.05, 4.69) is 11.8 Å². The molecule has 4 nitrogen and oxygen atoms in total. The van der Waals surface area contributed by atoms with Crippen molar-refractivity contribution in [3.05, 3.63) is 65.2 Å². The molecule has 0 N–H and O–H groups in total. The minimum absolute atomic E-state index is 0.339. The molecule has 0 radical (unpaired) electrons. The highest BCUT2D eigenvalue weighted by molar-refractivity contribution is 5.69. The third-order valence-corrected chi connectivity index (χ3v) is 4.20. The average Bonchev–Trinajstić information content (AvgIpc) is 3.06. The van der Waals surface area contributed by atoms with E-state index in [9.17, 15) is 4.79 Å². The molecule has 0 spiro atoms. The lowest BCUT2D eigenvalue weighted by Crippen LogP contribution is -2.26. The fraction of sp³-hybridized carbons (Fsp3) is 0.318. The summed E-state index contributed by atoms with van der Waals surface area (Å²) in [7, 11) is 0. The van der Waals surface area contributed by atoms with Gasteiger partial charge in [0.2, 0.25) is 0 Å². The van der Waals surface area contributed by atoms with Crippen molar-refractivity contribution in [3.8, 4) is 17.6 Å². The topological polar surface area (TPSA) is 44.8 Å². The number of ether oxygens (including phenoxy) is 3. The van der Waals surface area contributed by atoms with E-state index in [1.165, 1.54) is 6.92 Å². The van der Waals surface area contributed by atoms with Crippen LogP contribution >= 0.6 is 0 Å². The molecule has 4 heteroatoms. The van der Waals surface area contributed by atoms with Crippen LogP contribution in [0, 0.1) is 11.8 Å². The highest BCUT2D eigenvalue weighted by Gasteiger charge is 2.30. The van der Waals surface area contributed by atoms with E-state index in [-0.39, 0.29) is 5.97 Å². The molecule has 1 heterocycles. The maximum absolute atomic E-state index is 11.2.